The number of halogens is 2. The third kappa shape index (κ3) is 4.83. The van der Waals surface area contributed by atoms with Crippen LogP contribution in [0.3, 0.4) is 0 Å². The van der Waals surface area contributed by atoms with E-state index in [1.807, 2.05) is 12.1 Å². The van der Waals surface area contributed by atoms with Crippen molar-refractivity contribution in [3.8, 4) is 0 Å². The van der Waals surface area contributed by atoms with Gasteiger partial charge in [-0.15, -0.1) is 11.6 Å². The predicted molar refractivity (Wildman–Crippen MR) is 70.3 cm³/mol. The van der Waals surface area contributed by atoms with E-state index in [0.717, 1.165) is 17.6 Å². The average Bonchev–Trinajstić information content (AvgIpc) is 2.22. The highest BCUT2D eigenvalue weighted by atomic mass is 79.9. The molecule has 1 aromatic carbocycles. The molecular formula is C12H15BrClN. The lowest BCUT2D eigenvalue weighted by Crippen LogP contribution is -2.17. The van der Waals surface area contributed by atoms with Crippen molar-refractivity contribution in [1.82, 2.24) is 4.90 Å². The minimum atomic E-state index is 0.586. The van der Waals surface area contributed by atoms with Crippen molar-refractivity contribution in [2.24, 2.45) is 0 Å². The molecule has 0 heterocycles. The molecule has 0 spiro atoms. The first-order chi connectivity index (χ1) is 7.24. The lowest BCUT2D eigenvalue weighted by molar-refractivity contribution is 0.362. The minimum Gasteiger partial charge on any atom is -0.298 e. The van der Waals surface area contributed by atoms with E-state index in [-0.39, 0.29) is 0 Å². The van der Waals surface area contributed by atoms with Gasteiger partial charge in [0.1, 0.15) is 0 Å². The number of nitrogens with zero attached hydrogens (tertiary/aromatic N) is 1. The zero-order valence-electron chi connectivity index (χ0n) is 8.79. The summed E-state index contributed by atoms with van der Waals surface area (Å²) in [5.41, 5.74) is 1.30. The molecule has 0 amide bonds. The second-order valence-corrected chi connectivity index (χ2v) is 4.58. The summed E-state index contributed by atoms with van der Waals surface area (Å²) in [4.78, 5) is 2.24. The van der Waals surface area contributed by atoms with Crippen molar-refractivity contribution in [2.45, 2.75) is 6.54 Å². The van der Waals surface area contributed by atoms with Gasteiger partial charge in [-0.25, -0.2) is 0 Å². The second kappa shape index (κ2) is 7.04. The van der Waals surface area contributed by atoms with Crippen LogP contribution in [0.1, 0.15) is 5.56 Å². The third-order valence-electron chi connectivity index (χ3n) is 2.07. The molecule has 1 nitrogen and oxygen atoms in total. The summed E-state index contributed by atoms with van der Waals surface area (Å²) < 4.78 is 1.16. The summed E-state index contributed by atoms with van der Waals surface area (Å²) in [5, 5.41) is 0. The molecule has 0 atom stereocenters. The molecule has 0 aliphatic carbocycles. The molecule has 0 aliphatic heterocycles. The largest absolute Gasteiger partial charge is 0.298 e. The Morgan fingerprint density at radius 3 is 2.73 bits per heavy atom. The molecule has 1 aromatic rings. The number of benzene rings is 1. The van der Waals surface area contributed by atoms with Crippen LogP contribution in [0.4, 0.5) is 0 Å². The van der Waals surface area contributed by atoms with Gasteiger partial charge in [-0.2, -0.15) is 0 Å². The van der Waals surface area contributed by atoms with E-state index in [9.17, 15) is 0 Å². The van der Waals surface area contributed by atoms with E-state index in [4.69, 9.17) is 11.6 Å². The summed E-state index contributed by atoms with van der Waals surface area (Å²) in [6.07, 6.45) is 4.06. The fourth-order valence-electron chi connectivity index (χ4n) is 1.30. The normalized spacial score (nSPS) is 11.5. The van der Waals surface area contributed by atoms with Crippen LogP contribution in [-0.2, 0) is 6.54 Å². The van der Waals surface area contributed by atoms with Gasteiger partial charge in [-0.05, 0) is 18.7 Å². The maximum absolute atomic E-state index is 5.56. The van der Waals surface area contributed by atoms with Gasteiger partial charge in [-0.1, -0.05) is 46.3 Å². The Morgan fingerprint density at radius 2 is 2.07 bits per heavy atom. The zero-order chi connectivity index (χ0) is 11.1. The fourth-order valence-corrected chi connectivity index (χ4v) is 1.84. The molecule has 1 rings (SSSR count). The van der Waals surface area contributed by atoms with Gasteiger partial charge in [-0.3, -0.25) is 4.90 Å². The maximum atomic E-state index is 5.56. The number of hydrogen-bond acceptors (Lipinski definition) is 1. The van der Waals surface area contributed by atoms with Crippen LogP contribution in [0.15, 0.2) is 40.9 Å². The molecule has 0 bridgehead atoms. The Kier molecular flexibility index (Phi) is 5.99. The second-order valence-electron chi connectivity index (χ2n) is 3.41. The van der Waals surface area contributed by atoms with E-state index in [2.05, 4.69) is 52.2 Å². The molecule has 0 radical (unpaired) electrons. The van der Waals surface area contributed by atoms with E-state index in [1.54, 1.807) is 0 Å². The number of likely N-dealkylation sites (N-methyl/N-ethyl adjacent to an activating group) is 1. The Labute approximate surface area is 105 Å². The molecule has 0 aliphatic rings. The van der Waals surface area contributed by atoms with Gasteiger partial charge in [0.2, 0.25) is 0 Å². The van der Waals surface area contributed by atoms with Crippen molar-refractivity contribution >= 4 is 27.5 Å². The van der Waals surface area contributed by atoms with E-state index < -0.39 is 0 Å². The van der Waals surface area contributed by atoms with Crippen LogP contribution in [0.2, 0.25) is 0 Å². The molecule has 3 heteroatoms. The third-order valence-corrected chi connectivity index (χ3v) is 3.02. The van der Waals surface area contributed by atoms with Crippen molar-refractivity contribution in [1.29, 1.82) is 0 Å². The van der Waals surface area contributed by atoms with Crippen LogP contribution in [0.25, 0.3) is 0 Å². The first kappa shape index (κ1) is 12.8. The highest BCUT2D eigenvalue weighted by Crippen LogP contribution is 2.16. The first-order valence-electron chi connectivity index (χ1n) is 4.87. The Morgan fingerprint density at radius 1 is 1.33 bits per heavy atom. The predicted octanol–water partition coefficient (Wildman–Crippen LogP) is 3.68. The van der Waals surface area contributed by atoms with Gasteiger partial charge < -0.3 is 0 Å². The van der Waals surface area contributed by atoms with Crippen LogP contribution in [0, 0.1) is 0 Å². The molecule has 0 aromatic heterocycles. The number of hydrogen-bond donors (Lipinski definition) is 0. The molecule has 0 saturated carbocycles. The lowest BCUT2D eigenvalue weighted by Gasteiger charge is -2.15. The Hall–Kier alpha value is -0.310. The molecule has 0 fully saturated rings. The molecule has 0 saturated heterocycles. The molecule has 82 valence electrons. The Balaban J connectivity index is 2.47. The van der Waals surface area contributed by atoms with Gasteiger partial charge in [0.25, 0.3) is 0 Å². The highest BCUT2D eigenvalue weighted by molar-refractivity contribution is 9.10. The summed E-state index contributed by atoms with van der Waals surface area (Å²) in [5.74, 6) is 0.586. The van der Waals surface area contributed by atoms with Gasteiger partial charge >= 0.3 is 0 Å². The number of rotatable bonds is 5. The zero-order valence-corrected chi connectivity index (χ0v) is 11.1. The monoisotopic (exact) mass is 287 g/mol. The van der Waals surface area contributed by atoms with Gasteiger partial charge in [0.15, 0.2) is 0 Å². The molecule has 0 unspecified atom stereocenters. The Bertz CT molecular complexity index is 325. The van der Waals surface area contributed by atoms with Gasteiger partial charge in [0, 0.05) is 23.4 Å². The SMILES string of the molecule is CN(CC=CCCl)Cc1ccccc1Br. The number of allylic oxidation sites excluding steroid dienone is 1. The fraction of sp³-hybridized carbons (Fsp3) is 0.333. The van der Waals surface area contributed by atoms with Crippen molar-refractivity contribution < 1.29 is 0 Å². The van der Waals surface area contributed by atoms with Crippen LogP contribution in [0.5, 0.6) is 0 Å². The quantitative estimate of drug-likeness (QED) is 0.590. The minimum absolute atomic E-state index is 0.586. The summed E-state index contributed by atoms with van der Waals surface area (Å²) in [6, 6.07) is 8.28. The lowest BCUT2D eigenvalue weighted by atomic mass is 10.2. The van der Waals surface area contributed by atoms with Crippen LogP contribution >= 0.6 is 27.5 Å². The maximum Gasteiger partial charge on any atom is 0.0404 e. The first-order valence-corrected chi connectivity index (χ1v) is 6.19. The van der Waals surface area contributed by atoms with E-state index in [1.165, 1.54) is 5.56 Å². The van der Waals surface area contributed by atoms with Crippen LogP contribution < -0.4 is 0 Å². The van der Waals surface area contributed by atoms with E-state index >= 15 is 0 Å². The van der Waals surface area contributed by atoms with E-state index in [0.29, 0.717) is 5.88 Å². The van der Waals surface area contributed by atoms with Crippen molar-refractivity contribution in [3.63, 3.8) is 0 Å². The van der Waals surface area contributed by atoms with Crippen LogP contribution in [-0.4, -0.2) is 24.4 Å². The number of alkyl halides is 1. The highest BCUT2D eigenvalue weighted by Gasteiger charge is 2.01. The summed E-state index contributed by atoms with van der Waals surface area (Å²) >= 11 is 9.10. The molecular weight excluding hydrogens is 273 g/mol. The molecule has 0 N–H and O–H groups in total. The standard InChI is InChI=1S/C12H15BrClN/c1-15(9-5-4-8-14)10-11-6-2-3-7-12(11)13/h2-7H,8-10H2,1H3. The van der Waals surface area contributed by atoms with Gasteiger partial charge in [0.05, 0.1) is 0 Å². The van der Waals surface area contributed by atoms with Crippen molar-refractivity contribution in [3.05, 3.63) is 46.5 Å². The van der Waals surface area contributed by atoms with Crippen molar-refractivity contribution in [2.75, 3.05) is 19.5 Å². The molecule has 15 heavy (non-hydrogen) atoms. The summed E-state index contributed by atoms with van der Waals surface area (Å²) in [6.45, 7) is 1.86. The summed E-state index contributed by atoms with van der Waals surface area (Å²) in [7, 11) is 2.10. The smallest absolute Gasteiger partial charge is 0.0404 e. The average molecular weight is 289 g/mol. The topological polar surface area (TPSA) is 3.24 Å².